The van der Waals surface area contributed by atoms with Gasteiger partial charge in [0.2, 0.25) is 5.91 Å². The Morgan fingerprint density at radius 2 is 0.987 bits per heavy atom. The molecular formula is C49H36Cl5F6N3O14. The molecule has 1 aromatic heterocycles. The second-order valence-corrected chi connectivity index (χ2v) is 18.5. The zero-order valence-electron chi connectivity index (χ0n) is 38.7. The van der Waals surface area contributed by atoms with Crippen molar-refractivity contribution in [1.82, 2.24) is 14.9 Å². The van der Waals surface area contributed by atoms with Crippen LogP contribution in [0.2, 0.25) is 20.1 Å². The van der Waals surface area contributed by atoms with Crippen LogP contribution >= 0.6 is 58.0 Å². The minimum atomic E-state index is -4.98. The third kappa shape index (κ3) is 16.9. The summed E-state index contributed by atoms with van der Waals surface area (Å²) in [5.41, 5.74) is -4.94. The first kappa shape index (κ1) is 59.5. The Kier molecular flexibility index (Phi) is 20.2. The van der Waals surface area contributed by atoms with Crippen molar-refractivity contribution in [2.75, 3.05) is 13.2 Å². The number of ketones is 1. The summed E-state index contributed by atoms with van der Waals surface area (Å²) in [5.74, 6) is -4.89. The SMILES string of the molecule is O=C(OC[C@H]1OC(Cl)C[C@@H]1OC(=O)c1ccc(Cl)cc1)c1ccc(Cl)cc1.O=C1CC(=O)N([C@H]2C[C@H](OC(=O)c3ccc(Cl)cc3)[C@@H](COC(=O)c3ccc(Cl)cc3)O2)C=C1C(F)(F)F.O=c1[nH]cc(C(F)(F)F)c(=O)[nH]1. The van der Waals surface area contributed by atoms with Crippen LogP contribution in [0.15, 0.2) is 125 Å². The van der Waals surface area contributed by atoms with Crippen molar-refractivity contribution in [3.05, 3.63) is 184 Å². The zero-order chi connectivity index (χ0) is 56.4. The third-order valence-corrected chi connectivity index (χ3v) is 12.1. The number of hydrogen-bond donors (Lipinski definition) is 2. The molecule has 3 aliphatic rings. The number of rotatable bonds is 11. The lowest BCUT2D eigenvalue weighted by atomic mass is 10.0. The molecule has 0 spiro atoms. The Morgan fingerprint density at radius 3 is 1.39 bits per heavy atom. The Balaban J connectivity index is 0.000000213. The van der Waals surface area contributed by atoms with Gasteiger partial charge in [-0.15, -0.1) is 0 Å². The highest BCUT2D eigenvalue weighted by Gasteiger charge is 2.48. The van der Waals surface area contributed by atoms with E-state index in [0.29, 0.717) is 54.9 Å². The number of Topliss-reactive ketones (excluding diaryl/α,β-unsaturated/α-hetero) is 1. The number of benzene rings is 4. The summed E-state index contributed by atoms with van der Waals surface area (Å²) < 4.78 is 108. The summed E-state index contributed by atoms with van der Waals surface area (Å²) in [6, 6.07) is 24.2. The highest BCUT2D eigenvalue weighted by Crippen LogP contribution is 2.35. The van der Waals surface area contributed by atoms with Crippen LogP contribution in [0, 0.1) is 0 Å². The molecule has 2 fully saturated rings. The van der Waals surface area contributed by atoms with Crippen LogP contribution in [0.25, 0.3) is 0 Å². The fourth-order valence-corrected chi connectivity index (χ4v) is 7.83. The number of ether oxygens (including phenoxy) is 6. The van der Waals surface area contributed by atoms with Crippen molar-refractivity contribution in [2.24, 2.45) is 0 Å². The second kappa shape index (κ2) is 26.1. The van der Waals surface area contributed by atoms with Crippen molar-refractivity contribution in [3.63, 3.8) is 0 Å². The maximum Gasteiger partial charge on any atom is 0.423 e. The number of aromatic amines is 2. The number of H-pyrrole nitrogens is 2. The number of carbonyl (C=O) groups is 6. The van der Waals surface area contributed by atoms with E-state index in [4.69, 9.17) is 86.4 Å². The Bertz CT molecular complexity index is 3110. The van der Waals surface area contributed by atoms with E-state index in [9.17, 15) is 64.7 Å². The molecule has 0 radical (unpaired) electrons. The summed E-state index contributed by atoms with van der Waals surface area (Å²) in [6.45, 7) is -0.545. The van der Waals surface area contributed by atoms with Crippen LogP contribution < -0.4 is 11.2 Å². The molecule has 28 heteroatoms. The molecule has 4 aromatic carbocycles. The number of carbonyl (C=O) groups excluding carboxylic acids is 6. The number of esters is 4. The maximum absolute atomic E-state index is 13.3. The smallest absolute Gasteiger partial charge is 0.423 e. The first-order chi connectivity index (χ1) is 36.2. The monoisotopic (exact) mass is 1180 g/mol. The zero-order valence-corrected chi connectivity index (χ0v) is 42.5. The van der Waals surface area contributed by atoms with Gasteiger partial charge < -0.3 is 33.4 Å². The van der Waals surface area contributed by atoms with Crippen LogP contribution in [0.4, 0.5) is 26.3 Å². The van der Waals surface area contributed by atoms with Gasteiger partial charge in [0.25, 0.3) is 5.56 Å². The summed E-state index contributed by atoms with van der Waals surface area (Å²) >= 11 is 29.3. The molecule has 6 atom stereocenters. The first-order valence-corrected chi connectivity index (χ1v) is 24.0. The lowest BCUT2D eigenvalue weighted by molar-refractivity contribution is -0.149. The molecule has 77 heavy (non-hydrogen) atoms. The van der Waals surface area contributed by atoms with Gasteiger partial charge in [-0.3, -0.25) is 24.3 Å². The molecule has 2 N–H and O–H groups in total. The molecule has 2 saturated heterocycles. The number of halogens is 11. The lowest BCUT2D eigenvalue weighted by Gasteiger charge is -2.29. The predicted octanol–water partition coefficient (Wildman–Crippen LogP) is 9.55. The van der Waals surface area contributed by atoms with Crippen molar-refractivity contribution in [2.45, 2.75) is 67.8 Å². The van der Waals surface area contributed by atoms with Gasteiger partial charge in [-0.1, -0.05) is 58.0 Å². The number of nitrogens with zero attached hydrogens (tertiary/aromatic N) is 1. The Morgan fingerprint density at radius 1 is 0.584 bits per heavy atom. The van der Waals surface area contributed by atoms with E-state index in [-0.39, 0.29) is 24.2 Å². The third-order valence-electron chi connectivity index (χ3n) is 10.8. The van der Waals surface area contributed by atoms with E-state index in [1.165, 1.54) is 53.5 Å². The van der Waals surface area contributed by atoms with E-state index in [1.807, 2.05) is 0 Å². The fraction of sp³-hybridized carbons (Fsp3) is 0.265. The van der Waals surface area contributed by atoms with Gasteiger partial charge in [-0.25, -0.2) is 24.0 Å². The van der Waals surface area contributed by atoms with Crippen molar-refractivity contribution >= 4 is 93.6 Å². The molecule has 0 saturated carbocycles. The first-order valence-electron chi connectivity index (χ1n) is 22.0. The minimum absolute atomic E-state index is 0.0940. The van der Waals surface area contributed by atoms with Crippen LogP contribution in [0.1, 0.15) is 66.3 Å². The van der Waals surface area contributed by atoms with E-state index in [0.717, 1.165) is 0 Å². The molecule has 8 rings (SSSR count). The van der Waals surface area contributed by atoms with Crippen molar-refractivity contribution in [3.8, 4) is 0 Å². The average molecular weight is 1180 g/mol. The number of allylic oxidation sites excluding steroid dienone is 1. The molecule has 0 bridgehead atoms. The summed E-state index contributed by atoms with van der Waals surface area (Å²) in [4.78, 5) is 98.3. The Labute approximate surface area is 454 Å². The summed E-state index contributed by atoms with van der Waals surface area (Å²) in [5, 5.41) is 1.81. The van der Waals surface area contributed by atoms with E-state index in [2.05, 4.69) is 0 Å². The van der Waals surface area contributed by atoms with Crippen LogP contribution in [0.3, 0.4) is 0 Å². The standard InChI is InChI=1S/C25H18Cl2F3NO7.C19H15Cl3O5.C5H3F3N2O2/c26-15-5-1-13(2-6-15)23(34)36-12-20-19(38-24(35)14-3-7-16(27)8-4-14)10-22(37-20)31-11-17(25(28,29)30)18(32)9-21(31)33;20-13-5-1-11(2-6-13)18(23)25-10-16-15(9-17(22)26-16)27-19(24)12-3-7-14(21)8-4-12;6-5(7,8)2-1-9-4(12)10-3(2)11/h1-8,11,19-20,22H,9-10,12H2;1-8,15-17H,9-10H2;1H,(H2,9,10,11,12)/t19-,20+,22+;15-,16+,17?;/m00./s1. The molecule has 4 heterocycles. The molecule has 17 nitrogen and oxygen atoms in total. The topological polar surface area (TPSA) is 227 Å². The van der Waals surface area contributed by atoms with Gasteiger partial charge in [0.05, 0.1) is 28.7 Å². The molecule has 1 unspecified atom stereocenters. The quantitative estimate of drug-likeness (QED) is 0.0413. The van der Waals surface area contributed by atoms with Gasteiger partial charge in [0.15, 0.2) is 5.78 Å². The largest absolute Gasteiger partial charge is 0.459 e. The fourth-order valence-electron chi connectivity index (χ4n) is 7.02. The summed E-state index contributed by atoms with van der Waals surface area (Å²) in [6.07, 6.45) is -14.8. The predicted molar refractivity (Wildman–Crippen MR) is 260 cm³/mol. The highest BCUT2D eigenvalue weighted by molar-refractivity contribution is 6.31. The molecule has 408 valence electrons. The van der Waals surface area contributed by atoms with Gasteiger partial charge in [0.1, 0.15) is 60.6 Å². The number of amides is 1. The van der Waals surface area contributed by atoms with Crippen LogP contribution in [0.5, 0.6) is 0 Å². The van der Waals surface area contributed by atoms with Gasteiger partial charge in [-0.2, -0.15) is 26.3 Å². The second-order valence-electron chi connectivity index (χ2n) is 16.2. The summed E-state index contributed by atoms with van der Waals surface area (Å²) in [7, 11) is 0. The normalized spacial score (nSPS) is 20.1. The molecule has 5 aromatic rings. The highest BCUT2D eigenvalue weighted by atomic mass is 35.5. The van der Waals surface area contributed by atoms with Crippen LogP contribution in [-0.4, -0.2) is 106 Å². The average Bonchev–Trinajstić information content (AvgIpc) is 3.93. The van der Waals surface area contributed by atoms with Gasteiger partial charge in [0, 0.05) is 45.3 Å². The van der Waals surface area contributed by atoms with E-state index >= 15 is 0 Å². The van der Waals surface area contributed by atoms with Crippen molar-refractivity contribution in [1.29, 1.82) is 0 Å². The number of nitrogens with one attached hydrogen (secondary N) is 2. The van der Waals surface area contributed by atoms with E-state index in [1.54, 1.807) is 53.5 Å². The van der Waals surface area contributed by atoms with E-state index < -0.39 is 120 Å². The molecular weight excluding hydrogens is 1150 g/mol. The number of hydrogen-bond acceptors (Lipinski definition) is 14. The number of aromatic nitrogens is 2. The molecule has 3 aliphatic heterocycles. The van der Waals surface area contributed by atoms with Gasteiger partial charge >= 0.3 is 41.9 Å². The lowest BCUT2D eigenvalue weighted by Crippen LogP contribution is -2.43. The molecule has 1 amide bonds. The molecule has 0 aliphatic carbocycles. The Hall–Kier alpha value is -6.73. The van der Waals surface area contributed by atoms with Crippen LogP contribution in [-0.2, 0) is 44.2 Å². The minimum Gasteiger partial charge on any atom is -0.459 e. The van der Waals surface area contributed by atoms with Gasteiger partial charge in [-0.05, 0) is 97.1 Å². The maximum atomic E-state index is 13.3. The van der Waals surface area contributed by atoms with Crippen molar-refractivity contribution < 1.29 is 83.5 Å². The number of alkyl halides is 7.